The molecule has 0 radical (unpaired) electrons. The number of oxazole rings is 1. The molecule has 0 amide bonds. The van der Waals surface area contributed by atoms with E-state index in [4.69, 9.17) is 16.0 Å². The van der Waals surface area contributed by atoms with Crippen LogP contribution in [-0.2, 0) is 10.8 Å². The van der Waals surface area contributed by atoms with Crippen LogP contribution in [0.3, 0.4) is 0 Å². The van der Waals surface area contributed by atoms with Crippen molar-refractivity contribution in [2.24, 2.45) is 0 Å². The molecule has 3 aromatic rings. The molecule has 3 rings (SSSR count). The van der Waals surface area contributed by atoms with Gasteiger partial charge in [0.2, 0.25) is 5.89 Å². The fourth-order valence-corrected chi connectivity index (χ4v) is 2.98. The Labute approximate surface area is 153 Å². The first-order valence-corrected chi connectivity index (χ1v) is 8.79. The highest BCUT2D eigenvalue weighted by Crippen LogP contribution is 2.42. The Balaban J connectivity index is 2.29. The first-order valence-electron chi connectivity index (χ1n) is 8.41. The highest BCUT2D eigenvalue weighted by Gasteiger charge is 2.27. The molecule has 0 bridgehead atoms. The molecule has 1 N–H and O–H groups in total. The Bertz CT molecular complexity index is 943. The minimum atomic E-state index is -0.199. The Morgan fingerprint density at radius 3 is 2.24 bits per heavy atom. The number of rotatable bonds is 1. The summed E-state index contributed by atoms with van der Waals surface area (Å²) in [5, 5.41) is 11.5. The molecule has 0 unspecified atom stereocenters. The molecule has 0 aliphatic carbocycles. The summed E-state index contributed by atoms with van der Waals surface area (Å²) in [6.45, 7) is 12.7. The van der Waals surface area contributed by atoms with Gasteiger partial charge in [-0.3, -0.25) is 0 Å². The zero-order chi connectivity index (χ0) is 18.6. The third-order valence-corrected chi connectivity index (χ3v) is 4.60. The molecular weight excluding hydrogens is 334 g/mol. The van der Waals surface area contributed by atoms with Gasteiger partial charge in [0.25, 0.3) is 0 Å². The van der Waals surface area contributed by atoms with E-state index in [0.29, 0.717) is 27.6 Å². The van der Waals surface area contributed by atoms with Crippen molar-refractivity contribution in [1.82, 2.24) is 4.98 Å². The third kappa shape index (κ3) is 3.38. The zero-order valence-corrected chi connectivity index (χ0v) is 16.3. The molecule has 1 aromatic heterocycles. The van der Waals surface area contributed by atoms with Crippen molar-refractivity contribution in [3.8, 4) is 17.2 Å². The maximum atomic E-state index is 10.9. The number of hydrogen-bond acceptors (Lipinski definition) is 3. The number of phenols is 1. The van der Waals surface area contributed by atoms with Gasteiger partial charge in [0.05, 0.1) is 5.56 Å². The number of hydrogen-bond donors (Lipinski definition) is 1. The van der Waals surface area contributed by atoms with Gasteiger partial charge >= 0.3 is 0 Å². The van der Waals surface area contributed by atoms with Crippen LogP contribution in [0.15, 0.2) is 34.7 Å². The van der Waals surface area contributed by atoms with E-state index in [2.05, 4.69) is 52.6 Å². The van der Waals surface area contributed by atoms with Crippen molar-refractivity contribution in [3.05, 3.63) is 46.5 Å². The molecule has 0 spiro atoms. The highest BCUT2D eigenvalue weighted by molar-refractivity contribution is 6.31. The smallest absolute Gasteiger partial charge is 0.231 e. The van der Waals surface area contributed by atoms with Gasteiger partial charge in [-0.15, -0.1) is 0 Å². The highest BCUT2D eigenvalue weighted by atomic mass is 35.5. The van der Waals surface area contributed by atoms with Crippen LogP contribution < -0.4 is 0 Å². The Kier molecular flexibility index (Phi) is 4.11. The second kappa shape index (κ2) is 5.77. The van der Waals surface area contributed by atoms with Crippen molar-refractivity contribution in [2.45, 2.75) is 52.4 Å². The average Bonchev–Trinajstić information content (AvgIpc) is 2.87. The number of halogens is 1. The summed E-state index contributed by atoms with van der Waals surface area (Å²) >= 11 is 6.04. The molecule has 25 heavy (non-hydrogen) atoms. The van der Waals surface area contributed by atoms with Crippen LogP contribution in [0, 0.1) is 0 Å². The van der Waals surface area contributed by atoms with Crippen LogP contribution in [-0.4, -0.2) is 10.1 Å². The molecule has 0 aliphatic rings. The fraction of sp³-hybridized carbons (Fsp3) is 0.381. The van der Waals surface area contributed by atoms with Gasteiger partial charge in [-0.1, -0.05) is 59.2 Å². The van der Waals surface area contributed by atoms with Gasteiger partial charge in [-0.25, -0.2) is 4.98 Å². The monoisotopic (exact) mass is 357 g/mol. The third-order valence-electron chi connectivity index (χ3n) is 4.36. The summed E-state index contributed by atoms with van der Waals surface area (Å²) < 4.78 is 5.90. The van der Waals surface area contributed by atoms with E-state index in [1.165, 1.54) is 0 Å². The van der Waals surface area contributed by atoms with E-state index in [-0.39, 0.29) is 16.6 Å². The lowest BCUT2D eigenvalue weighted by molar-refractivity contribution is 0.444. The second-order valence-corrected chi connectivity index (χ2v) is 8.99. The topological polar surface area (TPSA) is 46.3 Å². The molecule has 2 aromatic carbocycles. The number of aromatic hydroxyl groups is 1. The molecule has 132 valence electrons. The van der Waals surface area contributed by atoms with Crippen LogP contribution in [0.4, 0.5) is 0 Å². The Morgan fingerprint density at radius 2 is 1.64 bits per heavy atom. The van der Waals surface area contributed by atoms with E-state index in [9.17, 15) is 5.11 Å². The predicted octanol–water partition coefficient (Wildman–Crippen LogP) is 6.45. The lowest BCUT2D eigenvalue weighted by atomic mass is 9.79. The lowest BCUT2D eigenvalue weighted by Crippen LogP contribution is -2.17. The molecule has 0 atom stereocenters. The van der Waals surface area contributed by atoms with Gasteiger partial charge in [-0.05, 0) is 40.7 Å². The van der Waals surface area contributed by atoms with Crippen molar-refractivity contribution in [1.29, 1.82) is 0 Å². The average molecular weight is 358 g/mol. The maximum Gasteiger partial charge on any atom is 0.231 e. The minimum absolute atomic E-state index is 0.0578. The lowest BCUT2D eigenvalue weighted by Gasteiger charge is -2.27. The van der Waals surface area contributed by atoms with Crippen LogP contribution in [0.5, 0.6) is 5.75 Å². The Hall–Kier alpha value is -2.00. The van der Waals surface area contributed by atoms with E-state index in [1.54, 1.807) is 18.2 Å². The number of benzene rings is 2. The molecule has 0 fully saturated rings. The van der Waals surface area contributed by atoms with Gasteiger partial charge < -0.3 is 9.52 Å². The predicted molar refractivity (Wildman–Crippen MR) is 104 cm³/mol. The number of aromatic nitrogens is 1. The van der Waals surface area contributed by atoms with Crippen molar-refractivity contribution < 1.29 is 9.52 Å². The SMILES string of the molecule is CC(C)(C)c1cc(-c2nc3cc(Cl)ccc3o2)c(O)c(C(C)(C)C)c1. The summed E-state index contributed by atoms with van der Waals surface area (Å²) in [6.07, 6.45) is 0. The van der Waals surface area contributed by atoms with Crippen molar-refractivity contribution in [2.75, 3.05) is 0 Å². The summed E-state index contributed by atoms with van der Waals surface area (Å²) in [7, 11) is 0. The van der Waals surface area contributed by atoms with Gasteiger partial charge in [-0.2, -0.15) is 0 Å². The van der Waals surface area contributed by atoms with Crippen LogP contribution in [0.25, 0.3) is 22.6 Å². The molecular formula is C21H24ClNO2. The maximum absolute atomic E-state index is 10.9. The van der Waals surface area contributed by atoms with E-state index >= 15 is 0 Å². The molecule has 0 saturated heterocycles. The summed E-state index contributed by atoms with van der Waals surface area (Å²) in [6, 6.07) is 9.38. The second-order valence-electron chi connectivity index (χ2n) is 8.55. The van der Waals surface area contributed by atoms with Gasteiger partial charge in [0.15, 0.2) is 5.58 Å². The van der Waals surface area contributed by atoms with Crippen molar-refractivity contribution >= 4 is 22.7 Å². The van der Waals surface area contributed by atoms with Crippen LogP contribution >= 0.6 is 11.6 Å². The molecule has 4 heteroatoms. The number of phenolic OH excluding ortho intramolecular Hbond substituents is 1. The normalized spacial score (nSPS) is 12.8. The van der Waals surface area contributed by atoms with Crippen LogP contribution in [0.2, 0.25) is 5.02 Å². The quantitative estimate of drug-likeness (QED) is 0.544. The first-order chi connectivity index (χ1) is 11.5. The van der Waals surface area contributed by atoms with E-state index in [1.807, 2.05) is 6.07 Å². The van der Waals surface area contributed by atoms with E-state index in [0.717, 1.165) is 11.1 Å². The number of nitrogens with zero attached hydrogens (tertiary/aromatic N) is 1. The largest absolute Gasteiger partial charge is 0.507 e. The molecule has 1 heterocycles. The van der Waals surface area contributed by atoms with Crippen molar-refractivity contribution in [3.63, 3.8) is 0 Å². The number of fused-ring (bicyclic) bond motifs is 1. The summed E-state index contributed by atoms with van der Waals surface area (Å²) in [4.78, 5) is 4.54. The summed E-state index contributed by atoms with van der Waals surface area (Å²) in [5.41, 5.74) is 3.70. The zero-order valence-electron chi connectivity index (χ0n) is 15.6. The summed E-state index contributed by atoms with van der Waals surface area (Å²) in [5.74, 6) is 0.629. The van der Waals surface area contributed by atoms with Gasteiger partial charge in [0, 0.05) is 10.6 Å². The molecule has 0 saturated carbocycles. The molecule has 3 nitrogen and oxygen atoms in total. The minimum Gasteiger partial charge on any atom is -0.507 e. The van der Waals surface area contributed by atoms with Gasteiger partial charge in [0.1, 0.15) is 11.3 Å². The Morgan fingerprint density at radius 1 is 0.960 bits per heavy atom. The molecule has 0 aliphatic heterocycles. The fourth-order valence-electron chi connectivity index (χ4n) is 2.82. The standard InChI is InChI=1S/C21H24ClNO2/c1-20(2,3)12-9-14(18(24)15(10-12)21(4,5)6)19-23-16-11-13(22)7-8-17(16)25-19/h7-11,24H,1-6H3. The van der Waals surface area contributed by atoms with E-state index < -0.39 is 0 Å². The van der Waals surface area contributed by atoms with Crippen LogP contribution in [0.1, 0.15) is 52.7 Å². The first kappa shape index (κ1) is 17.8.